The molecule has 0 bridgehead atoms. The number of ketones is 1. The summed E-state index contributed by atoms with van der Waals surface area (Å²) in [5, 5.41) is 0. The van der Waals surface area contributed by atoms with E-state index in [1.807, 2.05) is 0 Å². The van der Waals surface area contributed by atoms with Gasteiger partial charge in [-0.15, -0.1) is 0 Å². The maximum atomic E-state index is 11.2. The Hall–Kier alpha value is -0.940. The molecule has 1 saturated heterocycles. The van der Waals surface area contributed by atoms with Crippen LogP contribution >= 0.6 is 0 Å². The summed E-state index contributed by atoms with van der Waals surface area (Å²) in [4.78, 5) is 22.4. The van der Waals surface area contributed by atoms with Gasteiger partial charge >= 0.3 is 5.97 Å². The van der Waals surface area contributed by atoms with Crippen LogP contribution in [0.25, 0.3) is 0 Å². The Labute approximate surface area is 82.3 Å². The topological polar surface area (TPSA) is 61.8 Å². The number of ether oxygens (including phenoxy) is 3. The van der Waals surface area contributed by atoms with Gasteiger partial charge in [0.05, 0.1) is 7.11 Å². The van der Waals surface area contributed by atoms with E-state index in [0.717, 1.165) is 0 Å². The first-order valence-electron chi connectivity index (χ1n) is 4.31. The summed E-state index contributed by atoms with van der Waals surface area (Å²) in [6.45, 7) is 4.64. The van der Waals surface area contributed by atoms with E-state index in [-0.39, 0.29) is 5.78 Å². The van der Waals surface area contributed by atoms with E-state index in [1.54, 1.807) is 13.8 Å². The molecule has 0 radical (unpaired) electrons. The molecule has 5 heteroatoms. The molecule has 0 amide bonds. The van der Waals surface area contributed by atoms with Crippen molar-refractivity contribution in [2.24, 2.45) is 0 Å². The fourth-order valence-electron chi connectivity index (χ4n) is 1.35. The Balaban J connectivity index is 2.83. The van der Waals surface area contributed by atoms with Gasteiger partial charge in [-0.25, -0.2) is 4.79 Å². The number of esters is 1. The van der Waals surface area contributed by atoms with Gasteiger partial charge < -0.3 is 14.2 Å². The Bertz CT molecular complexity index is 258. The third-order valence-corrected chi connectivity index (χ3v) is 1.93. The predicted octanol–water partition coefficient (Wildman–Crippen LogP) is 0.268. The lowest BCUT2D eigenvalue weighted by atomic mass is 10.1. The molecule has 1 rings (SSSR count). The zero-order valence-electron chi connectivity index (χ0n) is 8.70. The van der Waals surface area contributed by atoms with Gasteiger partial charge in [-0.2, -0.15) is 0 Å². The number of Topliss-reactive ketones (excluding diaryl/α,β-unsaturated/α-hetero) is 1. The number of methoxy groups -OCH3 is 1. The monoisotopic (exact) mass is 202 g/mol. The highest BCUT2D eigenvalue weighted by Gasteiger charge is 2.48. The van der Waals surface area contributed by atoms with Crippen molar-refractivity contribution in [2.45, 2.75) is 38.8 Å². The Kier molecular flexibility index (Phi) is 2.92. The van der Waals surface area contributed by atoms with Crippen LogP contribution < -0.4 is 0 Å². The molecule has 0 aromatic rings. The molecule has 80 valence electrons. The van der Waals surface area contributed by atoms with Gasteiger partial charge in [0, 0.05) is 0 Å². The summed E-state index contributed by atoms with van der Waals surface area (Å²) in [5.41, 5.74) is 0. The molecule has 1 aliphatic heterocycles. The maximum absolute atomic E-state index is 11.2. The lowest BCUT2D eigenvalue weighted by molar-refractivity contribution is -0.168. The summed E-state index contributed by atoms with van der Waals surface area (Å²) in [7, 11) is 1.24. The largest absolute Gasteiger partial charge is 0.467 e. The van der Waals surface area contributed by atoms with Crippen LogP contribution in [0.15, 0.2) is 0 Å². The Morgan fingerprint density at radius 3 is 2.14 bits per heavy atom. The normalized spacial score (nSPS) is 30.0. The molecule has 5 nitrogen and oxygen atoms in total. The zero-order chi connectivity index (χ0) is 10.9. The fraction of sp³-hybridized carbons (Fsp3) is 0.778. The molecule has 1 heterocycles. The molecule has 0 spiro atoms. The van der Waals surface area contributed by atoms with Crippen molar-refractivity contribution in [2.75, 3.05) is 7.11 Å². The third kappa shape index (κ3) is 2.10. The molecule has 2 atom stereocenters. The van der Waals surface area contributed by atoms with Crippen molar-refractivity contribution in [3.63, 3.8) is 0 Å². The fourth-order valence-corrected chi connectivity index (χ4v) is 1.35. The highest BCUT2D eigenvalue weighted by Crippen LogP contribution is 2.29. The average molecular weight is 202 g/mol. The van der Waals surface area contributed by atoms with Crippen molar-refractivity contribution >= 4 is 11.8 Å². The van der Waals surface area contributed by atoms with Crippen molar-refractivity contribution in [1.82, 2.24) is 0 Å². The minimum Gasteiger partial charge on any atom is -0.467 e. The Morgan fingerprint density at radius 1 is 1.21 bits per heavy atom. The minimum atomic E-state index is -0.951. The number of rotatable bonds is 2. The predicted molar refractivity (Wildman–Crippen MR) is 46.5 cm³/mol. The average Bonchev–Trinajstić information content (AvgIpc) is 2.40. The summed E-state index contributed by atoms with van der Waals surface area (Å²) in [6.07, 6.45) is -1.81. The van der Waals surface area contributed by atoms with E-state index in [2.05, 4.69) is 4.74 Å². The highest BCUT2D eigenvalue weighted by atomic mass is 16.8. The smallest absolute Gasteiger partial charge is 0.338 e. The van der Waals surface area contributed by atoms with Crippen molar-refractivity contribution < 1.29 is 23.8 Å². The Morgan fingerprint density at radius 2 is 1.71 bits per heavy atom. The molecule has 0 saturated carbocycles. The molecule has 0 aliphatic carbocycles. The van der Waals surface area contributed by atoms with Crippen LogP contribution in [0.3, 0.4) is 0 Å². The molecular weight excluding hydrogens is 188 g/mol. The molecule has 0 N–H and O–H groups in total. The number of carbonyl (C=O) groups is 2. The van der Waals surface area contributed by atoms with Gasteiger partial charge in [0.1, 0.15) is 0 Å². The van der Waals surface area contributed by atoms with Gasteiger partial charge in [-0.05, 0) is 20.8 Å². The van der Waals surface area contributed by atoms with Crippen LogP contribution in [0, 0.1) is 0 Å². The van der Waals surface area contributed by atoms with Crippen LogP contribution in [0.2, 0.25) is 0 Å². The molecular formula is C9H14O5. The van der Waals surface area contributed by atoms with Crippen LogP contribution in [-0.4, -0.2) is 36.9 Å². The second kappa shape index (κ2) is 3.67. The molecule has 1 aliphatic rings. The van der Waals surface area contributed by atoms with E-state index in [4.69, 9.17) is 9.47 Å². The SMILES string of the molecule is COC(=O)[C@@H]1OC(C)(C)O[C@H]1C(C)=O. The van der Waals surface area contributed by atoms with E-state index in [1.165, 1.54) is 14.0 Å². The maximum Gasteiger partial charge on any atom is 0.338 e. The van der Waals surface area contributed by atoms with Crippen LogP contribution in [0.4, 0.5) is 0 Å². The van der Waals surface area contributed by atoms with E-state index < -0.39 is 24.0 Å². The van der Waals surface area contributed by atoms with Crippen LogP contribution in [0.1, 0.15) is 20.8 Å². The summed E-state index contributed by atoms with van der Waals surface area (Å²) in [6, 6.07) is 0. The van der Waals surface area contributed by atoms with Gasteiger partial charge in [0.25, 0.3) is 0 Å². The highest BCUT2D eigenvalue weighted by molar-refractivity contribution is 5.89. The van der Waals surface area contributed by atoms with E-state index >= 15 is 0 Å². The standard InChI is InChI=1S/C9H14O5/c1-5(10)6-7(8(11)12-4)14-9(2,3)13-6/h6-7H,1-4H3/t6-,7+/m0/s1. The first kappa shape index (κ1) is 11.1. The van der Waals surface area contributed by atoms with Gasteiger partial charge in [0.15, 0.2) is 23.8 Å². The van der Waals surface area contributed by atoms with E-state index in [0.29, 0.717) is 0 Å². The summed E-state index contributed by atoms with van der Waals surface area (Å²) in [5.74, 6) is -1.75. The van der Waals surface area contributed by atoms with Crippen molar-refractivity contribution in [1.29, 1.82) is 0 Å². The molecule has 0 unspecified atom stereocenters. The second-order valence-electron chi connectivity index (χ2n) is 3.61. The minimum absolute atomic E-state index is 0.244. The lowest BCUT2D eigenvalue weighted by Crippen LogP contribution is -2.36. The van der Waals surface area contributed by atoms with Gasteiger partial charge in [-0.1, -0.05) is 0 Å². The molecule has 0 aromatic heterocycles. The zero-order valence-corrected chi connectivity index (χ0v) is 8.70. The number of hydrogen-bond acceptors (Lipinski definition) is 5. The second-order valence-corrected chi connectivity index (χ2v) is 3.61. The summed E-state index contributed by atoms with van der Waals surface area (Å²) < 4.78 is 15.0. The number of carbonyl (C=O) groups excluding carboxylic acids is 2. The molecule has 14 heavy (non-hydrogen) atoms. The molecule has 1 fully saturated rings. The number of hydrogen-bond donors (Lipinski definition) is 0. The van der Waals surface area contributed by atoms with Gasteiger partial charge in [0.2, 0.25) is 0 Å². The van der Waals surface area contributed by atoms with Crippen LogP contribution in [0.5, 0.6) is 0 Å². The third-order valence-electron chi connectivity index (χ3n) is 1.93. The summed E-state index contributed by atoms with van der Waals surface area (Å²) >= 11 is 0. The quantitative estimate of drug-likeness (QED) is 0.601. The van der Waals surface area contributed by atoms with Crippen molar-refractivity contribution in [3.8, 4) is 0 Å². The van der Waals surface area contributed by atoms with E-state index in [9.17, 15) is 9.59 Å². The lowest BCUT2D eigenvalue weighted by Gasteiger charge is -2.15. The van der Waals surface area contributed by atoms with Gasteiger partial charge in [-0.3, -0.25) is 4.79 Å². The van der Waals surface area contributed by atoms with Crippen molar-refractivity contribution in [3.05, 3.63) is 0 Å². The molecule has 0 aromatic carbocycles. The first-order valence-corrected chi connectivity index (χ1v) is 4.31. The first-order chi connectivity index (χ1) is 6.37. The van der Waals surface area contributed by atoms with Crippen LogP contribution in [-0.2, 0) is 23.8 Å².